The molecule has 1 atom stereocenters. The monoisotopic (exact) mass is 320 g/mol. The van der Waals surface area contributed by atoms with E-state index in [4.69, 9.17) is 22.3 Å². The number of nitrogens with two attached hydrogens (primary N) is 3. The fourth-order valence-electron chi connectivity index (χ4n) is 0.643. The second-order valence-corrected chi connectivity index (χ2v) is 3.09. The van der Waals surface area contributed by atoms with Crippen LogP contribution in [-0.2, 0) is 14.3 Å². The Morgan fingerprint density at radius 2 is 1.74 bits per heavy atom. The Morgan fingerprint density at radius 1 is 1.32 bits per heavy atom. The Balaban J connectivity index is -0.000000139. The molecule has 8 nitrogen and oxygen atoms in total. The van der Waals surface area contributed by atoms with Crippen LogP contribution in [0, 0.1) is 0 Å². The second kappa shape index (κ2) is 16.8. The summed E-state index contributed by atoms with van der Waals surface area (Å²) >= 11 is 0. The Kier molecular flexibility index (Phi) is 23.2. The van der Waals surface area contributed by atoms with Crippen LogP contribution in [0.1, 0.15) is 19.8 Å². The molecule has 1 unspecified atom stereocenters. The maximum Gasteiger partial charge on any atom is 0.320 e. The van der Waals surface area contributed by atoms with Crippen molar-refractivity contribution >= 4 is 42.7 Å². The minimum absolute atomic E-state index is 0. The van der Waals surface area contributed by atoms with Gasteiger partial charge in [0.2, 0.25) is 0 Å². The number of nitrogens with zero attached hydrogens (tertiary/aromatic N) is 1. The SMILES string of the molecule is COC(C)=O.Cl.Cl.NC(N)=NCCCC(N)C(=O)O. The molecule has 0 aromatic heterocycles. The van der Waals surface area contributed by atoms with Crippen molar-refractivity contribution in [3.63, 3.8) is 0 Å². The zero-order chi connectivity index (χ0) is 13.8. The zero-order valence-corrected chi connectivity index (χ0v) is 12.5. The summed E-state index contributed by atoms with van der Waals surface area (Å²) in [6.07, 6.45) is 0.956. The number of carbonyl (C=O) groups is 2. The van der Waals surface area contributed by atoms with E-state index in [2.05, 4.69) is 9.73 Å². The minimum atomic E-state index is -1.00. The van der Waals surface area contributed by atoms with Gasteiger partial charge in [0.25, 0.3) is 0 Å². The standard InChI is InChI=1S/C6H14N4O2.C3H6O2.2ClH/c7-4(5(11)12)2-1-3-10-6(8)9;1-3(4)5-2;;/h4H,1-3,7H2,(H,11,12)(H4,8,9,10);1-2H3;2*1H. The lowest BCUT2D eigenvalue weighted by atomic mass is 10.2. The number of hydrogen-bond acceptors (Lipinski definition) is 5. The normalized spacial score (nSPS) is 9.42. The smallest absolute Gasteiger partial charge is 0.320 e. The highest BCUT2D eigenvalue weighted by molar-refractivity contribution is 5.85. The summed E-state index contributed by atoms with van der Waals surface area (Å²) in [5, 5.41) is 8.38. The van der Waals surface area contributed by atoms with E-state index >= 15 is 0 Å². The van der Waals surface area contributed by atoms with Crippen LogP contribution in [0.2, 0.25) is 0 Å². The number of carboxylic acids is 1. The van der Waals surface area contributed by atoms with Crippen molar-refractivity contribution in [1.82, 2.24) is 0 Å². The predicted molar refractivity (Wildman–Crippen MR) is 77.7 cm³/mol. The summed E-state index contributed by atoms with van der Waals surface area (Å²) in [4.78, 5) is 23.5. The van der Waals surface area contributed by atoms with Crippen LogP contribution < -0.4 is 17.2 Å². The molecule has 0 rings (SSSR count). The van der Waals surface area contributed by atoms with Crippen LogP contribution in [0.5, 0.6) is 0 Å². The van der Waals surface area contributed by atoms with Gasteiger partial charge in [-0.25, -0.2) is 0 Å². The molecule has 10 heteroatoms. The van der Waals surface area contributed by atoms with Crippen LogP contribution in [0.25, 0.3) is 0 Å². The number of halogens is 2. The van der Waals surface area contributed by atoms with Gasteiger partial charge in [0.1, 0.15) is 6.04 Å². The van der Waals surface area contributed by atoms with E-state index in [0.29, 0.717) is 19.4 Å². The number of guanidine groups is 1. The molecule has 0 amide bonds. The third-order valence-electron chi connectivity index (χ3n) is 1.57. The van der Waals surface area contributed by atoms with Crippen LogP contribution in [0.15, 0.2) is 4.99 Å². The largest absolute Gasteiger partial charge is 0.480 e. The maximum absolute atomic E-state index is 10.2. The topological polar surface area (TPSA) is 154 Å². The Morgan fingerprint density at radius 3 is 2.00 bits per heavy atom. The molecule has 0 bridgehead atoms. The first kappa shape index (κ1) is 26.3. The van der Waals surface area contributed by atoms with Gasteiger partial charge in [0.05, 0.1) is 7.11 Å². The molecule has 7 N–H and O–H groups in total. The highest BCUT2D eigenvalue weighted by Crippen LogP contribution is 1.94. The molecule has 116 valence electrons. The van der Waals surface area contributed by atoms with E-state index in [1.807, 2.05) is 0 Å². The van der Waals surface area contributed by atoms with Crippen molar-refractivity contribution in [1.29, 1.82) is 0 Å². The van der Waals surface area contributed by atoms with Gasteiger partial charge in [-0.05, 0) is 12.8 Å². The molecule has 0 aromatic rings. The average Bonchev–Trinajstić information content (AvgIpc) is 2.24. The molecule has 0 aromatic carbocycles. The Hall–Kier alpha value is -1.25. The van der Waals surface area contributed by atoms with Gasteiger partial charge in [-0.3, -0.25) is 14.6 Å². The molecule has 19 heavy (non-hydrogen) atoms. The molecule has 0 aliphatic rings. The first-order chi connectivity index (χ1) is 7.81. The van der Waals surface area contributed by atoms with E-state index in [9.17, 15) is 9.59 Å². The Bertz CT molecular complexity index is 273. The van der Waals surface area contributed by atoms with E-state index in [0.717, 1.165) is 0 Å². The van der Waals surface area contributed by atoms with Crippen LogP contribution in [0.4, 0.5) is 0 Å². The van der Waals surface area contributed by atoms with Crippen LogP contribution in [-0.4, -0.2) is 42.7 Å². The second-order valence-electron chi connectivity index (χ2n) is 3.09. The lowest BCUT2D eigenvalue weighted by molar-refractivity contribution is -0.139. The summed E-state index contributed by atoms with van der Waals surface area (Å²) < 4.78 is 4.11. The van der Waals surface area contributed by atoms with Gasteiger partial charge in [-0.15, -0.1) is 24.8 Å². The maximum atomic E-state index is 10.2. The number of aliphatic imine (C=N–C) groups is 1. The van der Waals surface area contributed by atoms with Crippen molar-refractivity contribution in [3.8, 4) is 0 Å². The van der Waals surface area contributed by atoms with Crippen molar-refractivity contribution < 1.29 is 19.4 Å². The van der Waals surface area contributed by atoms with E-state index in [1.54, 1.807) is 0 Å². The number of methoxy groups -OCH3 is 1. The summed E-state index contributed by atoms with van der Waals surface area (Å²) in [5.41, 5.74) is 15.3. The minimum Gasteiger partial charge on any atom is -0.480 e. The molecule has 0 radical (unpaired) electrons. The van der Waals surface area contributed by atoms with Gasteiger partial charge in [0, 0.05) is 13.5 Å². The fourth-order valence-corrected chi connectivity index (χ4v) is 0.643. The number of hydrogen-bond donors (Lipinski definition) is 4. The number of esters is 1. The molecule has 0 aliphatic heterocycles. The van der Waals surface area contributed by atoms with Crippen LogP contribution >= 0.6 is 24.8 Å². The average molecular weight is 321 g/mol. The fraction of sp³-hybridized carbons (Fsp3) is 0.667. The van der Waals surface area contributed by atoms with E-state index < -0.39 is 12.0 Å². The number of carboxylic acid groups (broad SMARTS) is 1. The van der Waals surface area contributed by atoms with Crippen molar-refractivity contribution in [2.75, 3.05) is 13.7 Å². The third kappa shape index (κ3) is 26.4. The van der Waals surface area contributed by atoms with E-state index in [-0.39, 0.29) is 36.7 Å². The van der Waals surface area contributed by atoms with Gasteiger partial charge >= 0.3 is 11.9 Å². The molecule has 0 heterocycles. The van der Waals surface area contributed by atoms with E-state index in [1.165, 1.54) is 14.0 Å². The highest BCUT2D eigenvalue weighted by Gasteiger charge is 2.09. The molecular weight excluding hydrogens is 299 g/mol. The predicted octanol–water partition coefficient (Wildman–Crippen LogP) is -0.525. The number of ether oxygens (including phenoxy) is 1. The first-order valence-electron chi connectivity index (χ1n) is 4.89. The van der Waals surface area contributed by atoms with Crippen LogP contribution in [0.3, 0.4) is 0 Å². The number of rotatable bonds is 5. The number of aliphatic carboxylic acids is 1. The van der Waals surface area contributed by atoms with Gasteiger partial charge in [-0.1, -0.05) is 0 Å². The lowest BCUT2D eigenvalue weighted by Crippen LogP contribution is -2.30. The molecule has 0 spiro atoms. The van der Waals surface area contributed by atoms with Crippen molar-refractivity contribution in [3.05, 3.63) is 0 Å². The van der Waals surface area contributed by atoms with Crippen molar-refractivity contribution in [2.45, 2.75) is 25.8 Å². The zero-order valence-electron chi connectivity index (χ0n) is 10.9. The summed E-state index contributed by atoms with van der Waals surface area (Å²) in [7, 11) is 1.35. The van der Waals surface area contributed by atoms with Gasteiger partial charge < -0.3 is 27.0 Å². The summed E-state index contributed by atoms with van der Waals surface area (Å²) in [6, 6.07) is -0.820. The Labute approximate surface area is 124 Å². The van der Waals surface area contributed by atoms with Crippen molar-refractivity contribution in [2.24, 2.45) is 22.2 Å². The quantitative estimate of drug-likeness (QED) is 0.230. The molecular formula is C9H22Cl2N4O4. The molecule has 0 fully saturated rings. The lowest BCUT2D eigenvalue weighted by Gasteiger charge is -2.03. The molecule has 0 saturated heterocycles. The summed E-state index contributed by atoms with van der Waals surface area (Å²) in [5.74, 6) is -1.23. The third-order valence-corrected chi connectivity index (χ3v) is 1.57. The number of carbonyl (C=O) groups excluding carboxylic acids is 1. The van der Waals surface area contributed by atoms with Gasteiger partial charge in [-0.2, -0.15) is 0 Å². The molecule has 0 saturated carbocycles. The van der Waals surface area contributed by atoms with Gasteiger partial charge in [0.15, 0.2) is 5.96 Å². The summed E-state index contributed by atoms with van der Waals surface area (Å²) in [6.45, 7) is 1.78. The molecule has 0 aliphatic carbocycles. The highest BCUT2D eigenvalue weighted by atomic mass is 35.5. The first-order valence-corrected chi connectivity index (χ1v) is 4.89.